The van der Waals surface area contributed by atoms with E-state index in [0.29, 0.717) is 23.5 Å². The van der Waals surface area contributed by atoms with Gasteiger partial charge in [-0.2, -0.15) is 0 Å². The number of nitrogens with two attached hydrogens (primary N) is 2. The topological polar surface area (TPSA) is 106 Å². The molecule has 0 aliphatic heterocycles. The first-order chi connectivity index (χ1) is 8.20. The summed E-state index contributed by atoms with van der Waals surface area (Å²) in [7, 11) is -1.28. The molecule has 4 N–H and O–H groups in total. The van der Waals surface area contributed by atoms with Crippen molar-refractivity contribution in [1.29, 1.82) is 0 Å². The van der Waals surface area contributed by atoms with Crippen LogP contribution in [0, 0.1) is 0 Å². The number of amides is 1. The molecule has 1 aromatic rings. The molecule has 100 valence electrons. The van der Waals surface area contributed by atoms with Crippen LogP contribution in [0.1, 0.15) is 10.4 Å². The smallest absolute Gasteiger partial charge is 0.248 e. The molecule has 0 saturated carbocycles. The molecular weight excluding hydrogens is 254 g/mol. The number of rotatable bonds is 5. The third-order valence-electron chi connectivity index (χ3n) is 2.52. The average Bonchev–Trinajstić information content (AvgIpc) is 2.24. The zero-order chi connectivity index (χ0) is 13.9. The Kier molecular flexibility index (Phi) is 4.18. The molecule has 7 heteroatoms. The predicted octanol–water partition coefficient (Wildman–Crippen LogP) is -0.151. The number of primary amides is 1. The van der Waals surface area contributed by atoms with Crippen LogP contribution in [0.5, 0.6) is 0 Å². The van der Waals surface area contributed by atoms with Gasteiger partial charge in [0.25, 0.3) is 0 Å². The van der Waals surface area contributed by atoms with Crippen LogP contribution in [-0.4, -0.2) is 39.9 Å². The maximum atomic E-state index is 11.1. The Bertz CT molecular complexity index is 555. The van der Waals surface area contributed by atoms with E-state index >= 15 is 0 Å². The largest absolute Gasteiger partial charge is 0.397 e. The summed E-state index contributed by atoms with van der Waals surface area (Å²) in [6.45, 7) is 0.332. The number of anilines is 2. The normalized spacial score (nSPS) is 11.2. The maximum Gasteiger partial charge on any atom is 0.248 e. The van der Waals surface area contributed by atoms with Crippen molar-refractivity contribution in [3.63, 3.8) is 0 Å². The monoisotopic (exact) mass is 271 g/mol. The molecule has 0 fully saturated rings. The van der Waals surface area contributed by atoms with Crippen molar-refractivity contribution in [2.24, 2.45) is 5.73 Å². The highest BCUT2D eigenvalue weighted by Crippen LogP contribution is 2.23. The van der Waals surface area contributed by atoms with Gasteiger partial charge in [0.05, 0.1) is 17.1 Å². The van der Waals surface area contributed by atoms with Crippen molar-refractivity contribution < 1.29 is 13.2 Å². The molecule has 0 aliphatic rings. The Labute approximate surface area is 106 Å². The summed E-state index contributed by atoms with van der Waals surface area (Å²) in [5, 5.41) is 0. The summed E-state index contributed by atoms with van der Waals surface area (Å²) in [5.41, 5.74) is 12.3. The van der Waals surface area contributed by atoms with Gasteiger partial charge in [0, 0.05) is 25.4 Å². The quantitative estimate of drug-likeness (QED) is 0.724. The Hall–Kier alpha value is -1.76. The van der Waals surface area contributed by atoms with E-state index in [1.165, 1.54) is 12.3 Å². The van der Waals surface area contributed by atoms with Gasteiger partial charge < -0.3 is 16.4 Å². The van der Waals surface area contributed by atoms with E-state index < -0.39 is 15.7 Å². The number of carbonyl (C=O) groups excluding carboxylic acids is 1. The van der Waals surface area contributed by atoms with Crippen molar-refractivity contribution in [2.75, 3.05) is 36.2 Å². The van der Waals surface area contributed by atoms with Gasteiger partial charge in [-0.15, -0.1) is 0 Å². The number of nitrogens with zero attached hydrogens (tertiary/aromatic N) is 1. The van der Waals surface area contributed by atoms with Crippen molar-refractivity contribution in [3.8, 4) is 0 Å². The lowest BCUT2D eigenvalue weighted by atomic mass is 10.1. The summed E-state index contributed by atoms with van der Waals surface area (Å²) in [4.78, 5) is 12.7. The van der Waals surface area contributed by atoms with E-state index in [-0.39, 0.29) is 5.75 Å². The van der Waals surface area contributed by atoms with Gasteiger partial charge in [-0.3, -0.25) is 4.79 Å². The summed E-state index contributed by atoms with van der Waals surface area (Å²) in [6, 6.07) is 4.69. The minimum absolute atomic E-state index is 0.0422. The summed E-state index contributed by atoms with van der Waals surface area (Å²) < 4.78 is 22.2. The number of hydrogen-bond donors (Lipinski definition) is 2. The standard InChI is InChI=1S/C11H17N3O3S/c1-14(5-6-18(2,16)17)10-4-3-8(11(13)15)7-9(10)12/h3-4,7H,5-6,12H2,1-2H3,(H2,13,15). The second kappa shape index (κ2) is 5.26. The third kappa shape index (κ3) is 3.92. The Morgan fingerprint density at radius 1 is 1.39 bits per heavy atom. The first kappa shape index (κ1) is 14.3. The molecular formula is C11H17N3O3S. The molecule has 18 heavy (non-hydrogen) atoms. The summed E-state index contributed by atoms with van der Waals surface area (Å²) in [6.07, 6.45) is 1.18. The molecule has 1 aromatic carbocycles. The van der Waals surface area contributed by atoms with Gasteiger partial charge in [0.2, 0.25) is 5.91 Å². The fourth-order valence-corrected chi connectivity index (χ4v) is 2.08. The fourth-order valence-electron chi connectivity index (χ4n) is 1.48. The second-order valence-electron chi connectivity index (χ2n) is 4.19. The van der Waals surface area contributed by atoms with Crippen LogP contribution >= 0.6 is 0 Å². The van der Waals surface area contributed by atoms with Crippen LogP contribution in [0.25, 0.3) is 0 Å². The molecule has 6 nitrogen and oxygen atoms in total. The van der Waals surface area contributed by atoms with Crippen LogP contribution in [0.15, 0.2) is 18.2 Å². The van der Waals surface area contributed by atoms with Gasteiger partial charge in [-0.05, 0) is 18.2 Å². The van der Waals surface area contributed by atoms with E-state index in [1.807, 2.05) is 0 Å². The first-order valence-electron chi connectivity index (χ1n) is 5.29. The summed E-state index contributed by atoms with van der Waals surface area (Å²) in [5.74, 6) is -0.507. The Balaban J connectivity index is 2.87. The Morgan fingerprint density at radius 2 is 2.00 bits per heavy atom. The predicted molar refractivity (Wildman–Crippen MR) is 72.4 cm³/mol. The summed E-state index contributed by atoms with van der Waals surface area (Å²) >= 11 is 0. The molecule has 0 atom stereocenters. The molecule has 0 unspecified atom stereocenters. The zero-order valence-corrected chi connectivity index (χ0v) is 11.2. The van der Waals surface area contributed by atoms with Gasteiger partial charge >= 0.3 is 0 Å². The minimum Gasteiger partial charge on any atom is -0.397 e. The number of hydrogen-bond acceptors (Lipinski definition) is 5. The van der Waals surface area contributed by atoms with E-state index in [2.05, 4.69) is 0 Å². The molecule has 0 aromatic heterocycles. The van der Waals surface area contributed by atoms with Crippen LogP contribution in [0.3, 0.4) is 0 Å². The third-order valence-corrected chi connectivity index (χ3v) is 3.44. The van der Waals surface area contributed by atoms with Gasteiger partial charge in [0.15, 0.2) is 0 Å². The highest BCUT2D eigenvalue weighted by Gasteiger charge is 2.10. The Morgan fingerprint density at radius 3 is 2.44 bits per heavy atom. The van der Waals surface area contributed by atoms with Crippen LogP contribution in [0.4, 0.5) is 11.4 Å². The fraction of sp³-hybridized carbons (Fsp3) is 0.364. The first-order valence-corrected chi connectivity index (χ1v) is 7.35. The number of sulfone groups is 1. The van der Waals surface area contributed by atoms with Crippen LogP contribution in [-0.2, 0) is 9.84 Å². The molecule has 0 saturated heterocycles. The lowest BCUT2D eigenvalue weighted by Crippen LogP contribution is -2.25. The lowest BCUT2D eigenvalue weighted by Gasteiger charge is -2.20. The average molecular weight is 271 g/mol. The van der Waals surface area contributed by atoms with E-state index in [9.17, 15) is 13.2 Å². The van der Waals surface area contributed by atoms with Gasteiger partial charge in [-0.1, -0.05) is 0 Å². The molecule has 0 spiro atoms. The lowest BCUT2D eigenvalue weighted by molar-refractivity contribution is 0.100. The molecule has 0 bridgehead atoms. The van der Waals surface area contributed by atoms with Crippen molar-refractivity contribution in [2.45, 2.75) is 0 Å². The second-order valence-corrected chi connectivity index (χ2v) is 6.45. The molecule has 0 aliphatic carbocycles. The van der Waals surface area contributed by atoms with Crippen LogP contribution < -0.4 is 16.4 Å². The molecule has 0 radical (unpaired) electrons. The minimum atomic E-state index is -3.02. The zero-order valence-electron chi connectivity index (χ0n) is 10.4. The van der Waals surface area contributed by atoms with Gasteiger partial charge in [-0.25, -0.2) is 8.42 Å². The van der Waals surface area contributed by atoms with Crippen molar-refractivity contribution >= 4 is 27.1 Å². The molecule has 1 amide bonds. The highest BCUT2D eigenvalue weighted by molar-refractivity contribution is 7.90. The number of nitrogen functional groups attached to an aromatic ring is 1. The number of benzene rings is 1. The SMILES string of the molecule is CN(CCS(C)(=O)=O)c1ccc(C(N)=O)cc1N. The highest BCUT2D eigenvalue weighted by atomic mass is 32.2. The van der Waals surface area contributed by atoms with Crippen molar-refractivity contribution in [3.05, 3.63) is 23.8 Å². The van der Waals surface area contributed by atoms with Crippen LogP contribution in [0.2, 0.25) is 0 Å². The van der Waals surface area contributed by atoms with E-state index in [0.717, 1.165) is 0 Å². The molecule has 0 heterocycles. The van der Waals surface area contributed by atoms with E-state index in [4.69, 9.17) is 11.5 Å². The maximum absolute atomic E-state index is 11.1. The molecule has 1 rings (SSSR count). The van der Waals surface area contributed by atoms with E-state index in [1.54, 1.807) is 24.1 Å². The number of carbonyl (C=O) groups is 1. The van der Waals surface area contributed by atoms with Gasteiger partial charge in [0.1, 0.15) is 9.84 Å². The van der Waals surface area contributed by atoms with Crippen molar-refractivity contribution in [1.82, 2.24) is 0 Å².